The van der Waals surface area contributed by atoms with E-state index in [9.17, 15) is 4.79 Å². The summed E-state index contributed by atoms with van der Waals surface area (Å²) in [4.78, 5) is 14.5. The molecule has 18 heavy (non-hydrogen) atoms. The second-order valence-electron chi connectivity index (χ2n) is 5.33. The van der Waals surface area contributed by atoms with Crippen LogP contribution in [0.15, 0.2) is 18.2 Å². The third-order valence-corrected chi connectivity index (χ3v) is 4.20. The SMILES string of the molecule is COc1ccc2c(c1)N(C)CC1(CCC1)C(=O)N2. The zero-order valence-electron chi connectivity index (χ0n) is 10.8. The third-order valence-electron chi connectivity index (χ3n) is 4.20. The van der Waals surface area contributed by atoms with E-state index in [1.165, 1.54) is 0 Å². The van der Waals surface area contributed by atoms with E-state index in [2.05, 4.69) is 10.2 Å². The number of hydrogen-bond acceptors (Lipinski definition) is 3. The fourth-order valence-corrected chi connectivity index (χ4v) is 2.91. The lowest BCUT2D eigenvalue weighted by Gasteiger charge is -2.40. The predicted octanol–water partition coefficient (Wildman–Crippen LogP) is 2.25. The minimum atomic E-state index is -0.180. The molecule has 4 nitrogen and oxygen atoms in total. The van der Waals surface area contributed by atoms with Crippen molar-refractivity contribution in [3.63, 3.8) is 0 Å². The van der Waals surface area contributed by atoms with Crippen LogP contribution in [0.2, 0.25) is 0 Å². The fraction of sp³-hybridized carbons (Fsp3) is 0.500. The standard InChI is InChI=1S/C14H18N2O2/c1-16-9-14(6-3-7-14)13(17)15-11-5-4-10(18-2)8-12(11)16/h4-5,8H,3,6-7,9H2,1-2H3,(H,15,17). The molecular weight excluding hydrogens is 228 g/mol. The van der Waals surface area contributed by atoms with Crippen LogP contribution < -0.4 is 15.0 Å². The Labute approximate surface area is 107 Å². The van der Waals surface area contributed by atoms with Crippen LogP contribution in [-0.4, -0.2) is 26.6 Å². The molecule has 1 fully saturated rings. The molecule has 0 radical (unpaired) electrons. The molecule has 0 atom stereocenters. The van der Waals surface area contributed by atoms with Crippen molar-refractivity contribution in [2.45, 2.75) is 19.3 Å². The summed E-state index contributed by atoms with van der Waals surface area (Å²) in [5.74, 6) is 0.990. The molecule has 4 heteroatoms. The molecule has 1 saturated carbocycles. The summed E-state index contributed by atoms with van der Waals surface area (Å²) in [7, 11) is 3.70. The van der Waals surface area contributed by atoms with Crippen LogP contribution in [0, 0.1) is 5.41 Å². The van der Waals surface area contributed by atoms with Gasteiger partial charge in [0.2, 0.25) is 5.91 Å². The third kappa shape index (κ3) is 1.55. The molecular formula is C14H18N2O2. The van der Waals surface area contributed by atoms with Gasteiger partial charge in [0.1, 0.15) is 5.75 Å². The summed E-state index contributed by atoms with van der Waals surface area (Å²) in [6.45, 7) is 0.791. The zero-order valence-corrected chi connectivity index (χ0v) is 10.8. The lowest BCUT2D eigenvalue weighted by Crippen LogP contribution is -2.47. The average Bonchev–Trinajstić information content (AvgIpc) is 2.43. The van der Waals surface area contributed by atoms with Gasteiger partial charge in [0.15, 0.2) is 0 Å². The van der Waals surface area contributed by atoms with Gasteiger partial charge in [-0.3, -0.25) is 4.79 Å². The number of carbonyl (C=O) groups excluding carboxylic acids is 1. The number of anilines is 2. The number of hydrogen-bond donors (Lipinski definition) is 1. The van der Waals surface area contributed by atoms with Gasteiger partial charge in [-0.05, 0) is 25.0 Å². The molecule has 1 aromatic carbocycles. The lowest BCUT2D eigenvalue weighted by atomic mass is 9.68. The number of fused-ring (bicyclic) bond motifs is 1. The zero-order chi connectivity index (χ0) is 12.8. The molecule has 0 unspecified atom stereocenters. The first-order chi connectivity index (χ1) is 8.64. The van der Waals surface area contributed by atoms with Crippen molar-refractivity contribution in [2.75, 3.05) is 30.9 Å². The van der Waals surface area contributed by atoms with Crippen molar-refractivity contribution < 1.29 is 9.53 Å². The number of methoxy groups -OCH3 is 1. The molecule has 0 bridgehead atoms. The van der Waals surface area contributed by atoms with E-state index >= 15 is 0 Å². The lowest BCUT2D eigenvalue weighted by molar-refractivity contribution is -0.129. The Kier molecular flexibility index (Phi) is 2.47. The fourth-order valence-electron chi connectivity index (χ4n) is 2.91. The van der Waals surface area contributed by atoms with Crippen molar-refractivity contribution in [3.8, 4) is 5.75 Å². The van der Waals surface area contributed by atoms with E-state index in [4.69, 9.17) is 4.74 Å². The number of benzene rings is 1. The van der Waals surface area contributed by atoms with E-state index in [1.54, 1.807) is 7.11 Å². The average molecular weight is 246 g/mol. The molecule has 1 aliphatic carbocycles. The first-order valence-electron chi connectivity index (χ1n) is 6.35. The van der Waals surface area contributed by atoms with Crippen molar-refractivity contribution >= 4 is 17.3 Å². The van der Waals surface area contributed by atoms with Gasteiger partial charge in [0.05, 0.1) is 23.9 Å². The van der Waals surface area contributed by atoms with Gasteiger partial charge in [-0.15, -0.1) is 0 Å². The molecule has 96 valence electrons. The van der Waals surface area contributed by atoms with Gasteiger partial charge in [-0.1, -0.05) is 6.42 Å². The first kappa shape index (κ1) is 11.4. The van der Waals surface area contributed by atoms with Gasteiger partial charge < -0.3 is 15.0 Å². The topological polar surface area (TPSA) is 41.6 Å². The van der Waals surface area contributed by atoms with E-state index in [0.29, 0.717) is 0 Å². The predicted molar refractivity (Wildman–Crippen MR) is 71.2 cm³/mol. The Bertz CT molecular complexity index is 495. The summed E-state index contributed by atoms with van der Waals surface area (Å²) < 4.78 is 5.25. The molecule has 0 saturated heterocycles. The Balaban J connectivity index is 2.00. The number of rotatable bonds is 1. The molecule has 1 aliphatic heterocycles. The molecule has 2 aliphatic rings. The number of nitrogens with one attached hydrogen (secondary N) is 1. The van der Waals surface area contributed by atoms with Crippen molar-refractivity contribution in [3.05, 3.63) is 18.2 Å². The Hall–Kier alpha value is -1.71. The van der Waals surface area contributed by atoms with Crippen molar-refractivity contribution in [2.24, 2.45) is 5.41 Å². The maximum absolute atomic E-state index is 12.3. The van der Waals surface area contributed by atoms with Gasteiger partial charge in [0, 0.05) is 19.7 Å². The van der Waals surface area contributed by atoms with Gasteiger partial charge in [0.25, 0.3) is 0 Å². The number of amides is 1. The van der Waals surface area contributed by atoms with E-state index in [0.717, 1.165) is 42.9 Å². The minimum Gasteiger partial charge on any atom is -0.497 e. The van der Waals surface area contributed by atoms with E-state index < -0.39 is 0 Å². The molecule has 1 N–H and O–H groups in total. The number of nitrogens with zero attached hydrogens (tertiary/aromatic N) is 1. The van der Waals surface area contributed by atoms with Gasteiger partial charge in [-0.25, -0.2) is 0 Å². The first-order valence-corrected chi connectivity index (χ1v) is 6.35. The largest absolute Gasteiger partial charge is 0.497 e. The van der Waals surface area contributed by atoms with E-state index in [1.807, 2.05) is 25.2 Å². The van der Waals surface area contributed by atoms with Crippen LogP contribution in [-0.2, 0) is 4.79 Å². The maximum Gasteiger partial charge on any atom is 0.232 e. The Morgan fingerprint density at radius 1 is 1.39 bits per heavy atom. The summed E-state index contributed by atoms with van der Waals surface area (Å²) in [6.07, 6.45) is 3.14. The molecule has 1 amide bonds. The summed E-state index contributed by atoms with van der Waals surface area (Å²) in [5, 5.41) is 3.06. The second kappa shape index (κ2) is 3.90. The van der Waals surface area contributed by atoms with Crippen LogP contribution in [0.25, 0.3) is 0 Å². The molecule has 1 aromatic rings. The van der Waals surface area contributed by atoms with Crippen LogP contribution in [0.1, 0.15) is 19.3 Å². The highest BCUT2D eigenvalue weighted by molar-refractivity contribution is 6.00. The highest BCUT2D eigenvalue weighted by Gasteiger charge is 2.46. The monoisotopic (exact) mass is 246 g/mol. The van der Waals surface area contributed by atoms with Crippen molar-refractivity contribution in [1.29, 1.82) is 0 Å². The summed E-state index contributed by atoms with van der Waals surface area (Å²) in [5.41, 5.74) is 1.74. The maximum atomic E-state index is 12.3. The Morgan fingerprint density at radius 3 is 2.78 bits per heavy atom. The number of ether oxygens (including phenoxy) is 1. The molecule has 1 heterocycles. The number of carbonyl (C=O) groups is 1. The highest BCUT2D eigenvalue weighted by Crippen LogP contribution is 2.46. The van der Waals surface area contributed by atoms with Crippen LogP contribution in [0.4, 0.5) is 11.4 Å². The van der Waals surface area contributed by atoms with E-state index in [-0.39, 0.29) is 11.3 Å². The van der Waals surface area contributed by atoms with Crippen LogP contribution in [0.3, 0.4) is 0 Å². The minimum absolute atomic E-state index is 0.171. The highest BCUT2D eigenvalue weighted by atomic mass is 16.5. The van der Waals surface area contributed by atoms with Crippen LogP contribution >= 0.6 is 0 Å². The second-order valence-corrected chi connectivity index (χ2v) is 5.33. The Morgan fingerprint density at radius 2 is 2.17 bits per heavy atom. The molecule has 1 spiro atoms. The normalized spacial score (nSPS) is 20.8. The summed E-state index contributed by atoms with van der Waals surface area (Å²) in [6, 6.07) is 5.78. The molecule has 3 rings (SSSR count). The molecule has 0 aromatic heterocycles. The smallest absolute Gasteiger partial charge is 0.232 e. The van der Waals surface area contributed by atoms with Gasteiger partial charge in [-0.2, -0.15) is 0 Å². The quantitative estimate of drug-likeness (QED) is 0.826. The van der Waals surface area contributed by atoms with Crippen molar-refractivity contribution in [1.82, 2.24) is 0 Å². The summed E-state index contributed by atoms with van der Waals surface area (Å²) >= 11 is 0. The van der Waals surface area contributed by atoms with Gasteiger partial charge >= 0.3 is 0 Å². The van der Waals surface area contributed by atoms with Crippen LogP contribution in [0.5, 0.6) is 5.75 Å².